The van der Waals surface area contributed by atoms with Gasteiger partial charge >= 0.3 is 0 Å². The molecule has 1 aromatic heterocycles. The van der Waals surface area contributed by atoms with Crippen molar-refractivity contribution in [3.8, 4) is 0 Å². The number of nitrogens with two attached hydrogens (primary N) is 1. The number of sulfonamides is 1. The molecule has 0 saturated heterocycles. The van der Waals surface area contributed by atoms with Crippen molar-refractivity contribution in [3.05, 3.63) is 102 Å². The summed E-state index contributed by atoms with van der Waals surface area (Å²) in [5, 5.41) is 8.00. The van der Waals surface area contributed by atoms with E-state index in [1.807, 2.05) is 44.2 Å². The van der Waals surface area contributed by atoms with Crippen LogP contribution in [0.2, 0.25) is 0 Å². The van der Waals surface area contributed by atoms with E-state index in [-0.39, 0.29) is 29.3 Å². The fraction of sp³-hybridized carbons (Fsp3) is 0.179. The zero-order valence-corrected chi connectivity index (χ0v) is 22.2. The van der Waals surface area contributed by atoms with Crippen molar-refractivity contribution in [1.29, 1.82) is 0 Å². The van der Waals surface area contributed by atoms with Crippen molar-refractivity contribution >= 4 is 38.3 Å². The Morgan fingerprint density at radius 2 is 1.74 bits per heavy atom. The maximum Gasteiger partial charge on any atom is 0.252 e. The topological polar surface area (TPSA) is 143 Å². The Hall–Kier alpha value is -4.12. The summed E-state index contributed by atoms with van der Waals surface area (Å²) in [7, 11) is -1.95. The summed E-state index contributed by atoms with van der Waals surface area (Å²) in [6.07, 6.45) is 2.82. The Morgan fingerprint density at radius 3 is 2.42 bits per heavy atom. The van der Waals surface area contributed by atoms with Gasteiger partial charge < -0.3 is 16.4 Å². The summed E-state index contributed by atoms with van der Waals surface area (Å²) in [5.41, 5.74) is 8.31. The van der Waals surface area contributed by atoms with Crippen molar-refractivity contribution in [2.75, 3.05) is 18.9 Å². The molecule has 9 nitrogen and oxygen atoms in total. The largest absolute Gasteiger partial charge is 0.345 e. The summed E-state index contributed by atoms with van der Waals surface area (Å²) in [6, 6.07) is 22.3. The van der Waals surface area contributed by atoms with Gasteiger partial charge in [0.15, 0.2) is 0 Å². The van der Waals surface area contributed by atoms with E-state index in [9.17, 15) is 18.0 Å². The normalized spacial score (nSPS) is 11.7. The summed E-state index contributed by atoms with van der Waals surface area (Å²) in [5.74, 6) is -0.480. The molecule has 5 N–H and O–H groups in total. The lowest BCUT2D eigenvalue weighted by Gasteiger charge is -2.18. The van der Waals surface area contributed by atoms with Crippen LogP contribution in [0.25, 0.3) is 10.8 Å². The van der Waals surface area contributed by atoms with E-state index in [1.54, 1.807) is 18.2 Å². The Morgan fingerprint density at radius 1 is 1.00 bits per heavy atom. The molecule has 0 aliphatic rings. The minimum absolute atomic E-state index is 0.104. The van der Waals surface area contributed by atoms with Gasteiger partial charge in [0, 0.05) is 23.6 Å². The van der Waals surface area contributed by atoms with Crippen LogP contribution in [0.4, 0.5) is 5.69 Å². The monoisotopic (exact) mass is 533 g/mol. The molecule has 38 heavy (non-hydrogen) atoms. The van der Waals surface area contributed by atoms with Gasteiger partial charge in [0.1, 0.15) is 4.90 Å². The third-order valence-corrected chi connectivity index (χ3v) is 7.20. The molecule has 0 aliphatic heterocycles. The van der Waals surface area contributed by atoms with Crippen LogP contribution in [0.5, 0.6) is 0 Å². The highest BCUT2D eigenvalue weighted by Gasteiger charge is 2.16. The molecule has 0 unspecified atom stereocenters. The van der Waals surface area contributed by atoms with E-state index in [0.29, 0.717) is 11.3 Å². The van der Waals surface area contributed by atoms with Crippen LogP contribution >= 0.6 is 0 Å². The first kappa shape index (κ1) is 28.5. The van der Waals surface area contributed by atoms with Gasteiger partial charge in [-0.05, 0) is 67.1 Å². The molecule has 0 saturated carbocycles. The summed E-state index contributed by atoms with van der Waals surface area (Å²) in [6.45, 7) is 3.73. The van der Waals surface area contributed by atoms with E-state index in [0.717, 1.165) is 21.9 Å². The number of nitrogens with one attached hydrogen (secondary N) is 3. The van der Waals surface area contributed by atoms with Gasteiger partial charge in [0.05, 0.1) is 12.6 Å². The molecule has 10 heteroatoms. The van der Waals surface area contributed by atoms with E-state index < -0.39 is 10.0 Å². The molecule has 0 spiro atoms. The minimum atomic E-state index is -3.31. The highest BCUT2D eigenvalue weighted by atomic mass is 32.2. The fourth-order valence-electron chi connectivity index (χ4n) is 3.76. The molecule has 4 aromatic rings. The number of amides is 2. The number of pyridine rings is 1. The number of carbonyl (C=O) groups excluding carboxylic acids is 2. The minimum Gasteiger partial charge on any atom is -0.345 e. The third-order valence-electron chi connectivity index (χ3n) is 5.80. The standard InChI is InChI=1S/C22H23N3O2.C6H8N2O2S/c1-14-10-11-17(25-21(26)13-23)12-20(14)22(27)24-15(2)18-9-5-7-16-6-3-4-8-19(16)18;1-7-11(9,10)6-3-2-4-8-5-6/h3-12,15H,13,23H2,1-2H3,(H,24,27)(H,25,26);2-5,7H,1H3/t15-;/m1./s1. The number of hydrogen-bond acceptors (Lipinski definition) is 6. The molecular formula is C28H31N5O4S. The van der Waals surface area contributed by atoms with Crippen molar-refractivity contribution in [3.63, 3.8) is 0 Å². The first-order valence-electron chi connectivity index (χ1n) is 11.9. The number of benzene rings is 3. The lowest BCUT2D eigenvalue weighted by atomic mass is 9.99. The van der Waals surface area contributed by atoms with Crippen LogP contribution in [0.3, 0.4) is 0 Å². The number of aromatic nitrogens is 1. The van der Waals surface area contributed by atoms with Crippen LogP contribution in [-0.4, -0.2) is 38.8 Å². The number of hydrogen-bond donors (Lipinski definition) is 4. The average molecular weight is 534 g/mol. The second-order valence-electron chi connectivity index (χ2n) is 8.44. The average Bonchev–Trinajstić information content (AvgIpc) is 2.94. The lowest BCUT2D eigenvalue weighted by Crippen LogP contribution is -2.28. The highest BCUT2D eigenvalue weighted by Crippen LogP contribution is 2.25. The van der Waals surface area contributed by atoms with Crippen LogP contribution in [-0.2, 0) is 14.8 Å². The smallest absolute Gasteiger partial charge is 0.252 e. The maximum absolute atomic E-state index is 12.8. The second-order valence-corrected chi connectivity index (χ2v) is 10.3. The molecule has 4 rings (SSSR count). The van der Waals surface area contributed by atoms with E-state index in [4.69, 9.17) is 5.73 Å². The fourth-order valence-corrected chi connectivity index (χ4v) is 4.45. The molecule has 1 atom stereocenters. The Bertz CT molecular complexity index is 1520. The quantitative estimate of drug-likeness (QED) is 0.286. The zero-order chi connectivity index (χ0) is 27.7. The molecule has 0 aliphatic carbocycles. The van der Waals surface area contributed by atoms with E-state index in [2.05, 4.69) is 38.5 Å². The SMILES string of the molecule is CNS(=O)(=O)c1cccnc1.Cc1ccc(NC(=O)CN)cc1C(=O)N[C@H](C)c1cccc2ccccc12. The van der Waals surface area contributed by atoms with Gasteiger partial charge in [-0.3, -0.25) is 14.6 Å². The molecule has 3 aromatic carbocycles. The van der Waals surface area contributed by atoms with E-state index in [1.165, 1.54) is 25.5 Å². The Balaban J connectivity index is 0.000000304. The van der Waals surface area contributed by atoms with Crippen molar-refractivity contribution in [2.24, 2.45) is 5.73 Å². The maximum atomic E-state index is 12.8. The summed E-state index contributed by atoms with van der Waals surface area (Å²) < 4.78 is 24.3. The van der Waals surface area contributed by atoms with Crippen LogP contribution in [0.15, 0.2) is 90.1 Å². The van der Waals surface area contributed by atoms with Crippen molar-refractivity contribution in [1.82, 2.24) is 15.0 Å². The third kappa shape index (κ3) is 7.22. The van der Waals surface area contributed by atoms with Gasteiger partial charge in [0.2, 0.25) is 15.9 Å². The van der Waals surface area contributed by atoms with Crippen LogP contribution in [0.1, 0.15) is 34.5 Å². The highest BCUT2D eigenvalue weighted by molar-refractivity contribution is 7.89. The molecule has 0 bridgehead atoms. The second kappa shape index (κ2) is 12.9. The predicted octanol–water partition coefficient (Wildman–Crippen LogP) is 3.53. The lowest BCUT2D eigenvalue weighted by molar-refractivity contribution is -0.114. The Labute approximate surface area is 222 Å². The van der Waals surface area contributed by atoms with Gasteiger partial charge in [-0.1, -0.05) is 48.5 Å². The summed E-state index contributed by atoms with van der Waals surface area (Å²) in [4.78, 5) is 28.2. The van der Waals surface area contributed by atoms with Gasteiger partial charge in [-0.15, -0.1) is 0 Å². The van der Waals surface area contributed by atoms with Crippen LogP contribution in [0, 0.1) is 6.92 Å². The number of fused-ring (bicyclic) bond motifs is 1. The van der Waals surface area contributed by atoms with Crippen LogP contribution < -0.4 is 21.1 Å². The first-order chi connectivity index (χ1) is 18.2. The number of anilines is 1. The number of carbonyl (C=O) groups is 2. The number of aryl methyl sites for hydroxylation is 1. The predicted molar refractivity (Wildman–Crippen MR) is 149 cm³/mol. The molecule has 198 valence electrons. The zero-order valence-electron chi connectivity index (χ0n) is 21.4. The summed E-state index contributed by atoms with van der Waals surface area (Å²) >= 11 is 0. The van der Waals surface area contributed by atoms with Gasteiger partial charge in [-0.2, -0.15) is 0 Å². The van der Waals surface area contributed by atoms with Gasteiger partial charge in [0.25, 0.3) is 5.91 Å². The van der Waals surface area contributed by atoms with Crippen molar-refractivity contribution < 1.29 is 18.0 Å². The molecule has 2 amide bonds. The van der Waals surface area contributed by atoms with Crippen molar-refractivity contribution in [2.45, 2.75) is 24.8 Å². The molecular weight excluding hydrogens is 502 g/mol. The molecule has 1 heterocycles. The Kier molecular flexibility index (Phi) is 9.66. The first-order valence-corrected chi connectivity index (χ1v) is 13.4. The molecule has 0 radical (unpaired) electrons. The van der Waals surface area contributed by atoms with E-state index >= 15 is 0 Å². The molecule has 0 fully saturated rings. The van der Waals surface area contributed by atoms with Gasteiger partial charge in [-0.25, -0.2) is 13.1 Å². The number of nitrogens with zero attached hydrogens (tertiary/aromatic N) is 1. The number of rotatable bonds is 7.